The molecule has 0 saturated heterocycles. The highest BCUT2D eigenvalue weighted by molar-refractivity contribution is 5.01. The molecule has 0 unspecified atom stereocenters. The first kappa shape index (κ1) is 10.5. The molecular weight excluding hydrogens is 188 g/mol. The summed E-state index contributed by atoms with van der Waals surface area (Å²) in [6.45, 7) is 3.01. The Morgan fingerprint density at radius 3 is 2.80 bits per heavy atom. The molecule has 0 radical (unpaired) electrons. The zero-order valence-corrected chi connectivity index (χ0v) is 9.19. The molecule has 4 heteroatoms. The molecule has 1 saturated carbocycles. The standard InChI is InChI=1S/C11H18N4/c1-15(11-2-3-11)5-4-12-6-10-7-13-9-14-8-10/h7-9,11-12H,2-6H2,1H3. The van der Waals surface area contributed by atoms with E-state index >= 15 is 0 Å². The molecule has 1 N–H and O–H groups in total. The number of aromatic nitrogens is 2. The van der Waals surface area contributed by atoms with Crippen LogP contribution in [0, 0.1) is 0 Å². The number of likely N-dealkylation sites (N-methyl/N-ethyl adjacent to an activating group) is 1. The Balaban J connectivity index is 1.58. The molecule has 1 aliphatic rings. The van der Waals surface area contributed by atoms with Crippen LogP contribution in [-0.2, 0) is 6.54 Å². The van der Waals surface area contributed by atoms with Gasteiger partial charge in [-0.3, -0.25) is 0 Å². The summed E-state index contributed by atoms with van der Waals surface area (Å²) in [6, 6.07) is 0.854. The third-order valence-corrected chi connectivity index (χ3v) is 2.75. The smallest absolute Gasteiger partial charge is 0.115 e. The fourth-order valence-electron chi connectivity index (χ4n) is 1.61. The Labute approximate surface area is 90.7 Å². The van der Waals surface area contributed by atoms with Crippen LogP contribution in [0.25, 0.3) is 0 Å². The lowest BCUT2D eigenvalue weighted by Gasteiger charge is -2.15. The third-order valence-electron chi connectivity index (χ3n) is 2.75. The van der Waals surface area contributed by atoms with Crippen LogP contribution in [0.1, 0.15) is 18.4 Å². The van der Waals surface area contributed by atoms with E-state index in [2.05, 4.69) is 27.2 Å². The highest BCUT2D eigenvalue weighted by atomic mass is 15.2. The number of rotatable bonds is 6. The minimum Gasteiger partial charge on any atom is -0.311 e. The highest BCUT2D eigenvalue weighted by Gasteiger charge is 2.25. The SMILES string of the molecule is CN(CCNCc1cncnc1)C1CC1. The zero-order valence-electron chi connectivity index (χ0n) is 9.19. The van der Waals surface area contributed by atoms with Gasteiger partial charge in [-0.05, 0) is 19.9 Å². The number of nitrogens with zero attached hydrogens (tertiary/aromatic N) is 3. The molecule has 0 aromatic carbocycles. The molecule has 0 aliphatic heterocycles. The molecule has 1 aromatic heterocycles. The zero-order chi connectivity index (χ0) is 10.5. The first-order valence-corrected chi connectivity index (χ1v) is 5.51. The van der Waals surface area contributed by atoms with Gasteiger partial charge in [-0.2, -0.15) is 0 Å². The largest absolute Gasteiger partial charge is 0.311 e. The van der Waals surface area contributed by atoms with Crippen molar-refractivity contribution >= 4 is 0 Å². The Morgan fingerprint density at radius 2 is 2.13 bits per heavy atom. The van der Waals surface area contributed by atoms with Crippen molar-refractivity contribution in [2.75, 3.05) is 20.1 Å². The Kier molecular flexibility index (Phi) is 3.64. The van der Waals surface area contributed by atoms with Crippen LogP contribution in [0.4, 0.5) is 0 Å². The average Bonchev–Trinajstić information content (AvgIpc) is 3.09. The monoisotopic (exact) mass is 206 g/mol. The summed E-state index contributed by atoms with van der Waals surface area (Å²) >= 11 is 0. The summed E-state index contributed by atoms with van der Waals surface area (Å²) in [7, 11) is 2.20. The van der Waals surface area contributed by atoms with Crippen LogP contribution in [0.3, 0.4) is 0 Å². The van der Waals surface area contributed by atoms with Crippen LogP contribution in [0.5, 0.6) is 0 Å². The first-order valence-electron chi connectivity index (χ1n) is 5.51. The lowest BCUT2D eigenvalue weighted by molar-refractivity contribution is 0.321. The van der Waals surface area contributed by atoms with Crippen molar-refractivity contribution in [2.24, 2.45) is 0 Å². The van der Waals surface area contributed by atoms with E-state index in [-0.39, 0.29) is 0 Å². The molecule has 15 heavy (non-hydrogen) atoms. The molecule has 0 amide bonds. The molecule has 82 valence electrons. The Morgan fingerprint density at radius 1 is 1.40 bits per heavy atom. The van der Waals surface area contributed by atoms with Gasteiger partial charge in [0.2, 0.25) is 0 Å². The van der Waals surface area contributed by atoms with Gasteiger partial charge in [0.1, 0.15) is 6.33 Å². The van der Waals surface area contributed by atoms with E-state index in [1.54, 1.807) is 6.33 Å². The second kappa shape index (κ2) is 5.19. The summed E-state index contributed by atoms with van der Waals surface area (Å²) in [5.41, 5.74) is 1.14. The predicted octanol–water partition coefficient (Wildman–Crippen LogP) is 0.660. The van der Waals surface area contributed by atoms with Crippen molar-refractivity contribution in [3.8, 4) is 0 Å². The molecule has 4 nitrogen and oxygen atoms in total. The van der Waals surface area contributed by atoms with Crippen LogP contribution < -0.4 is 5.32 Å². The molecule has 0 atom stereocenters. The maximum atomic E-state index is 3.98. The van der Waals surface area contributed by atoms with Gasteiger partial charge in [-0.15, -0.1) is 0 Å². The van der Waals surface area contributed by atoms with Gasteiger partial charge in [-0.25, -0.2) is 9.97 Å². The van der Waals surface area contributed by atoms with Gasteiger partial charge in [0.25, 0.3) is 0 Å². The van der Waals surface area contributed by atoms with E-state index in [1.165, 1.54) is 12.8 Å². The molecule has 1 aromatic rings. The second-order valence-electron chi connectivity index (χ2n) is 4.14. The fraction of sp³-hybridized carbons (Fsp3) is 0.636. The van der Waals surface area contributed by atoms with E-state index in [9.17, 15) is 0 Å². The summed E-state index contributed by atoms with van der Waals surface area (Å²) in [4.78, 5) is 10.4. The van der Waals surface area contributed by atoms with Gasteiger partial charge in [0, 0.05) is 43.6 Å². The van der Waals surface area contributed by atoms with E-state index in [0.717, 1.165) is 31.2 Å². The van der Waals surface area contributed by atoms with Crippen molar-refractivity contribution in [1.82, 2.24) is 20.2 Å². The molecular formula is C11H18N4. The van der Waals surface area contributed by atoms with Crippen LogP contribution >= 0.6 is 0 Å². The van der Waals surface area contributed by atoms with Crippen LogP contribution in [0.15, 0.2) is 18.7 Å². The molecule has 0 spiro atoms. The van der Waals surface area contributed by atoms with Gasteiger partial charge in [-0.1, -0.05) is 0 Å². The molecule has 0 bridgehead atoms. The van der Waals surface area contributed by atoms with Gasteiger partial charge in [0.05, 0.1) is 0 Å². The Hall–Kier alpha value is -1.00. The molecule has 1 aliphatic carbocycles. The normalized spacial score (nSPS) is 15.9. The number of hydrogen-bond acceptors (Lipinski definition) is 4. The van der Waals surface area contributed by atoms with E-state index < -0.39 is 0 Å². The van der Waals surface area contributed by atoms with E-state index in [0.29, 0.717) is 0 Å². The number of hydrogen-bond donors (Lipinski definition) is 1. The Bertz CT molecular complexity index is 284. The minimum atomic E-state index is 0.854. The lowest BCUT2D eigenvalue weighted by atomic mass is 10.3. The average molecular weight is 206 g/mol. The molecule has 1 fully saturated rings. The summed E-state index contributed by atoms with van der Waals surface area (Å²) < 4.78 is 0. The van der Waals surface area contributed by atoms with Gasteiger partial charge >= 0.3 is 0 Å². The quantitative estimate of drug-likeness (QED) is 0.694. The van der Waals surface area contributed by atoms with E-state index in [4.69, 9.17) is 0 Å². The predicted molar refractivity (Wildman–Crippen MR) is 59.4 cm³/mol. The molecule has 1 heterocycles. The lowest BCUT2D eigenvalue weighted by Crippen LogP contribution is -2.30. The van der Waals surface area contributed by atoms with Crippen LogP contribution in [-0.4, -0.2) is 41.0 Å². The van der Waals surface area contributed by atoms with E-state index in [1.807, 2.05) is 12.4 Å². The summed E-state index contributed by atoms with van der Waals surface area (Å²) in [5, 5.41) is 3.39. The van der Waals surface area contributed by atoms with Crippen molar-refractivity contribution in [3.05, 3.63) is 24.3 Å². The van der Waals surface area contributed by atoms with Gasteiger partial charge < -0.3 is 10.2 Å². The maximum Gasteiger partial charge on any atom is 0.115 e. The summed E-state index contributed by atoms with van der Waals surface area (Å²) in [5.74, 6) is 0. The second-order valence-corrected chi connectivity index (χ2v) is 4.14. The number of nitrogens with one attached hydrogen (secondary N) is 1. The summed E-state index contributed by atoms with van der Waals surface area (Å²) in [6.07, 6.45) is 8.02. The highest BCUT2D eigenvalue weighted by Crippen LogP contribution is 2.24. The first-order chi connectivity index (χ1) is 7.36. The van der Waals surface area contributed by atoms with Crippen LogP contribution in [0.2, 0.25) is 0 Å². The topological polar surface area (TPSA) is 41.0 Å². The van der Waals surface area contributed by atoms with Crippen molar-refractivity contribution in [2.45, 2.75) is 25.4 Å². The minimum absolute atomic E-state index is 0.854. The van der Waals surface area contributed by atoms with Crippen molar-refractivity contribution in [3.63, 3.8) is 0 Å². The third kappa shape index (κ3) is 3.57. The molecule has 2 rings (SSSR count). The van der Waals surface area contributed by atoms with Gasteiger partial charge in [0.15, 0.2) is 0 Å². The fourth-order valence-corrected chi connectivity index (χ4v) is 1.61. The van der Waals surface area contributed by atoms with Crippen molar-refractivity contribution in [1.29, 1.82) is 0 Å². The van der Waals surface area contributed by atoms with Crippen molar-refractivity contribution < 1.29 is 0 Å². The maximum absolute atomic E-state index is 3.98.